The van der Waals surface area contributed by atoms with Gasteiger partial charge in [0.05, 0.1) is 0 Å². The predicted octanol–water partition coefficient (Wildman–Crippen LogP) is 2.62. The van der Waals surface area contributed by atoms with Crippen LogP contribution in [0.25, 0.3) is 0 Å². The highest BCUT2D eigenvalue weighted by molar-refractivity contribution is 5.93. The maximum absolute atomic E-state index is 11.9. The number of hydrogen-bond donors (Lipinski definition) is 2. The van der Waals surface area contributed by atoms with Crippen LogP contribution in [0.2, 0.25) is 0 Å². The second kappa shape index (κ2) is 6.22. The van der Waals surface area contributed by atoms with Crippen molar-refractivity contribution in [1.29, 1.82) is 0 Å². The number of hydrogen-bond acceptors (Lipinski definition) is 3. The molecule has 0 spiro atoms. The van der Waals surface area contributed by atoms with Crippen LogP contribution in [-0.2, 0) is 14.3 Å². The van der Waals surface area contributed by atoms with E-state index in [0.717, 1.165) is 5.57 Å². The number of carbonyl (C=O) groups is 2. The van der Waals surface area contributed by atoms with Gasteiger partial charge in [-0.3, -0.25) is 4.79 Å². The van der Waals surface area contributed by atoms with Crippen LogP contribution < -0.4 is 0 Å². The van der Waals surface area contributed by atoms with Gasteiger partial charge in [0.2, 0.25) is 5.60 Å². The molecule has 0 amide bonds. The summed E-state index contributed by atoms with van der Waals surface area (Å²) in [5, 5.41) is 19.3. The number of aliphatic carboxylic acids is 2. The normalized spacial score (nSPS) is 28.9. The number of carboxylic acids is 2. The first-order chi connectivity index (χ1) is 9.32. The molecule has 0 radical (unpaired) electrons. The number of rotatable bonds is 6. The summed E-state index contributed by atoms with van der Waals surface area (Å²) in [6.07, 6.45) is 5.93. The molecule has 2 atom stereocenters. The second-order valence-electron chi connectivity index (χ2n) is 5.33. The fourth-order valence-corrected chi connectivity index (χ4v) is 2.66. The zero-order valence-electron chi connectivity index (χ0n) is 12.2. The van der Waals surface area contributed by atoms with Gasteiger partial charge in [0, 0.05) is 6.61 Å². The molecule has 1 aliphatic rings. The Hall–Kier alpha value is -1.62. The molecule has 0 aromatic rings. The monoisotopic (exact) mass is 282 g/mol. The van der Waals surface area contributed by atoms with Crippen molar-refractivity contribution in [3.8, 4) is 0 Å². The Labute approximate surface area is 118 Å². The Kier molecular flexibility index (Phi) is 5.11. The number of allylic oxidation sites excluding steroid dienone is 2. The highest BCUT2D eigenvalue weighted by Gasteiger charge is 2.61. The third-order valence-corrected chi connectivity index (χ3v) is 3.49. The fourth-order valence-electron chi connectivity index (χ4n) is 2.66. The van der Waals surface area contributed by atoms with Gasteiger partial charge < -0.3 is 14.9 Å². The first kappa shape index (κ1) is 16.4. The Balaban J connectivity index is 3.50. The van der Waals surface area contributed by atoms with Gasteiger partial charge in [-0.15, -0.1) is 0 Å². The highest BCUT2D eigenvalue weighted by Crippen LogP contribution is 2.46. The van der Waals surface area contributed by atoms with Gasteiger partial charge in [0.25, 0.3) is 0 Å². The smallest absolute Gasteiger partial charge is 0.341 e. The van der Waals surface area contributed by atoms with Gasteiger partial charge in [0.1, 0.15) is 5.41 Å². The van der Waals surface area contributed by atoms with Crippen LogP contribution >= 0.6 is 0 Å². The van der Waals surface area contributed by atoms with E-state index in [1.165, 1.54) is 12.2 Å². The summed E-state index contributed by atoms with van der Waals surface area (Å²) in [4.78, 5) is 23.7. The zero-order valence-corrected chi connectivity index (χ0v) is 12.2. The molecule has 1 aliphatic carbocycles. The lowest BCUT2D eigenvalue weighted by Crippen LogP contribution is -2.59. The minimum Gasteiger partial charge on any atom is -0.480 e. The molecule has 0 aliphatic heterocycles. The molecule has 0 saturated carbocycles. The first-order valence-electron chi connectivity index (χ1n) is 6.77. The molecule has 2 N–H and O–H groups in total. The Morgan fingerprint density at radius 3 is 2.40 bits per heavy atom. The van der Waals surface area contributed by atoms with Gasteiger partial charge in [-0.05, 0) is 39.2 Å². The molecule has 0 bridgehead atoms. The van der Waals surface area contributed by atoms with Crippen molar-refractivity contribution in [2.45, 2.75) is 45.6 Å². The molecule has 2 unspecified atom stereocenters. The van der Waals surface area contributed by atoms with E-state index in [0.29, 0.717) is 12.8 Å². The van der Waals surface area contributed by atoms with E-state index in [1.54, 1.807) is 19.9 Å². The van der Waals surface area contributed by atoms with Crippen molar-refractivity contribution in [3.63, 3.8) is 0 Å². The summed E-state index contributed by atoms with van der Waals surface area (Å²) in [6, 6.07) is 0. The van der Waals surface area contributed by atoms with Crippen LogP contribution in [0.1, 0.15) is 40.0 Å². The van der Waals surface area contributed by atoms with Crippen LogP contribution in [-0.4, -0.2) is 34.4 Å². The summed E-state index contributed by atoms with van der Waals surface area (Å²) in [5.41, 5.74) is -2.65. The maximum Gasteiger partial charge on any atom is 0.341 e. The summed E-state index contributed by atoms with van der Waals surface area (Å²) < 4.78 is 5.55. The third kappa shape index (κ3) is 2.63. The Morgan fingerprint density at radius 1 is 1.30 bits per heavy atom. The van der Waals surface area contributed by atoms with Gasteiger partial charge >= 0.3 is 11.9 Å². The van der Waals surface area contributed by atoms with E-state index in [9.17, 15) is 19.8 Å². The molecular formula is C15H22O5. The lowest BCUT2D eigenvalue weighted by atomic mass is 9.65. The summed E-state index contributed by atoms with van der Waals surface area (Å²) in [7, 11) is 0. The van der Waals surface area contributed by atoms with E-state index >= 15 is 0 Å². The van der Waals surface area contributed by atoms with Crippen molar-refractivity contribution < 1.29 is 24.5 Å². The lowest BCUT2D eigenvalue weighted by Gasteiger charge is -2.43. The molecular weight excluding hydrogens is 260 g/mol. The van der Waals surface area contributed by atoms with Crippen LogP contribution in [0, 0.1) is 5.41 Å². The quantitative estimate of drug-likeness (QED) is 0.732. The second-order valence-corrected chi connectivity index (χ2v) is 5.33. The Morgan fingerprint density at radius 2 is 1.95 bits per heavy atom. The molecule has 0 aromatic heterocycles. The summed E-state index contributed by atoms with van der Waals surface area (Å²) >= 11 is 0. The third-order valence-electron chi connectivity index (χ3n) is 3.49. The molecule has 0 heterocycles. The molecule has 0 aromatic carbocycles. The van der Waals surface area contributed by atoms with Crippen molar-refractivity contribution in [1.82, 2.24) is 0 Å². The maximum atomic E-state index is 11.9. The molecule has 0 fully saturated rings. The van der Waals surface area contributed by atoms with Crippen LogP contribution in [0.3, 0.4) is 0 Å². The average Bonchev–Trinajstić information content (AvgIpc) is 2.36. The van der Waals surface area contributed by atoms with E-state index < -0.39 is 23.0 Å². The van der Waals surface area contributed by atoms with E-state index in [4.69, 9.17) is 4.74 Å². The SMILES string of the molecule is CCCOC1(C(=O)O)C=CCCC1(C=C(C)C)C(=O)O. The van der Waals surface area contributed by atoms with Crippen LogP contribution in [0.5, 0.6) is 0 Å². The largest absolute Gasteiger partial charge is 0.480 e. The molecule has 5 heteroatoms. The standard InChI is InChI=1S/C15H22O5/c1-4-9-20-15(13(18)19)8-6-5-7-14(15,12(16)17)10-11(2)3/h6,8,10H,4-5,7,9H2,1-3H3,(H,16,17)(H,18,19). The van der Waals surface area contributed by atoms with Gasteiger partial charge in [-0.2, -0.15) is 0 Å². The summed E-state index contributed by atoms with van der Waals surface area (Å²) in [6.45, 7) is 5.57. The molecule has 112 valence electrons. The first-order valence-corrected chi connectivity index (χ1v) is 6.77. The minimum absolute atomic E-state index is 0.197. The van der Waals surface area contributed by atoms with Crippen molar-refractivity contribution in [2.24, 2.45) is 5.41 Å². The van der Waals surface area contributed by atoms with E-state index in [1.807, 2.05) is 6.92 Å². The minimum atomic E-state index is -1.84. The van der Waals surface area contributed by atoms with Gasteiger partial charge in [0.15, 0.2) is 0 Å². The van der Waals surface area contributed by atoms with Gasteiger partial charge in [-0.1, -0.05) is 24.6 Å². The van der Waals surface area contributed by atoms with Crippen LogP contribution in [0.4, 0.5) is 0 Å². The van der Waals surface area contributed by atoms with E-state index in [2.05, 4.69) is 0 Å². The topological polar surface area (TPSA) is 83.8 Å². The number of ether oxygens (including phenoxy) is 1. The van der Waals surface area contributed by atoms with Crippen molar-refractivity contribution >= 4 is 11.9 Å². The van der Waals surface area contributed by atoms with Crippen molar-refractivity contribution in [2.75, 3.05) is 6.61 Å². The lowest BCUT2D eigenvalue weighted by molar-refractivity contribution is -0.186. The fraction of sp³-hybridized carbons (Fsp3) is 0.600. The molecule has 5 nitrogen and oxygen atoms in total. The number of carboxylic acid groups (broad SMARTS) is 2. The van der Waals surface area contributed by atoms with E-state index in [-0.39, 0.29) is 13.0 Å². The zero-order chi connectivity index (χ0) is 15.4. The Bertz CT molecular complexity index is 447. The van der Waals surface area contributed by atoms with Gasteiger partial charge in [-0.25, -0.2) is 4.79 Å². The van der Waals surface area contributed by atoms with Crippen molar-refractivity contribution in [3.05, 3.63) is 23.8 Å². The average molecular weight is 282 g/mol. The summed E-state index contributed by atoms with van der Waals surface area (Å²) in [5.74, 6) is -2.43. The molecule has 20 heavy (non-hydrogen) atoms. The highest BCUT2D eigenvalue weighted by atomic mass is 16.5. The van der Waals surface area contributed by atoms with Crippen LogP contribution in [0.15, 0.2) is 23.8 Å². The molecule has 1 rings (SSSR count). The molecule has 0 saturated heterocycles. The predicted molar refractivity (Wildman–Crippen MR) is 74.5 cm³/mol.